The first-order valence-electron chi connectivity index (χ1n) is 7.12. The molecule has 0 radical (unpaired) electrons. The SMILES string of the molecule is CN(CC(=O)Nc1ccc(Cl)cc1)S(=O)(=O)/C=C/c1ccccc1. The van der Waals surface area contributed by atoms with Crippen LogP contribution in [0.25, 0.3) is 6.08 Å². The maximum Gasteiger partial charge on any atom is 0.239 e. The minimum Gasteiger partial charge on any atom is -0.325 e. The zero-order valence-electron chi connectivity index (χ0n) is 13.0. The number of amides is 1. The fourth-order valence-electron chi connectivity index (χ4n) is 1.86. The fourth-order valence-corrected chi connectivity index (χ4v) is 2.82. The van der Waals surface area contributed by atoms with E-state index in [2.05, 4.69) is 5.32 Å². The minimum atomic E-state index is -3.68. The Labute approximate surface area is 146 Å². The summed E-state index contributed by atoms with van der Waals surface area (Å²) in [5.74, 6) is -0.434. The van der Waals surface area contributed by atoms with Crippen molar-refractivity contribution >= 4 is 39.3 Å². The third-order valence-electron chi connectivity index (χ3n) is 3.16. The second kappa shape index (κ2) is 8.10. The number of hydrogen-bond acceptors (Lipinski definition) is 3. The summed E-state index contributed by atoms with van der Waals surface area (Å²) in [7, 11) is -2.33. The van der Waals surface area contributed by atoms with Crippen LogP contribution in [0.5, 0.6) is 0 Å². The van der Waals surface area contributed by atoms with Crippen molar-refractivity contribution in [1.82, 2.24) is 4.31 Å². The lowest BCUT2D eigenvalue weighted by atomic mass is 10.2. The Morgan fingerprint density at radius 1 is 1.12 bits per heavy atom. The van der Waals surface area contributed by atoms with Gasteiger partial charge in [-0.25, -0.2) is 8.42 Å². The lowest BCUT2D eigenvalue weighted by Gasteiger charge is -2.14. The monoisotopic (exact) mass is 364 g/mol. The van der Waals surface area contributed by atoms with Gasteiger partial charge in [0.05, 0.1) is 6.54 Å². The van der Waals surface area contributed by atoms with Gasteiger partial charge < -0.3 is 5.32 Å². The predicted molar refractivity (Wildman–Crippen MR) is 97.1 cm³/mol. The number of nitrogens with zero attached hydrogens (tertiary/aromatic N) is 1. The molecule has 2 aromatic carbocycles. The first kappa shape index (κ1) is 18.2. The molecule has 0 fully saturated rings. The summed E-state index contributed by atoms with van der Waals surface area (Å²) in [5, 5.41) is 4.25. The first-order chi connectivity index (χ1) is 11.4. The molecule has 0 atom stereocenters. The number of carbonyl (C=O) groups is 1. The number of likely N-dealkylation sites (N-methyl/N-ethyl adjacent to an activating group) is 1. The van der Waals surface area contributed by atoms with Crippen molar-refractivity contribution in [2.45, 2.75) is 0 Å². The van der Waals surface area contributed by atoms with Crippen LogP contribution in [0, 0.1) is 0 Å². The van der Waals surface area contributed by atoms with Crippen LogP contribution in [0.2, 0.25) is 5.02 Å². The molecule has 0 aliphatic carbocycles. The topological polar surface area (TPSA) is 66.5 Å². The van der Waals surface area contributed by atoms with E-state index < -0.39 is 15.9 Å². The Morgan fingerprint density at radius 2 is 1.75 bits per heavy atom. The summed E-state index contributed by atoms with van der Waals surface area (Å²) >= 11 is 5.77. The van der Waals surface area contributed by atoms with Gasteiger partial charge in [-0.15, -0.1) is 0 Å². The molecule has 1 N–H and O–H groups in total. The highest BCUT2D eigenvalue weighted by atomic mass is 35.5. The summed E-state index contributed by atoms with van der Waals surface area (Å²) in [4.78, 5) is 12.0. The molecule has 126 valence electrons. The van der Waals surface area contributed by atoms with E-state index in [1.807, 2.05) is 18.2 Å². The number of anilines is 1. The Kier molecular flexibility index (Phi) is 6.14. The summed E-state index contributed by atoms with van der Waals surface area (Å²) in [6, 6.07) is 15.6. The maximum atomic E-state index is 12.2. The van der Waals surface area contributed by atoms with Crippen LogP contribution in [0.3, 0.4) is 0 Å². The number of sulfonamides is 1. The van der Waals surface area contributed by atoms with E-state index in [9.17, 15) is 13.2 Å². The first-order valence-corrected chi connectivity index (χ1v) is 9.00. The van der Waals surface area contributed by atoms with E-state index in [0.29, 0.717) is 10.7 Å². The molecule has 0 saturated heterocycles. The van der Waals surface area contributed by atoms with Crippen LogP contribution in [0.15, 0.2) is 60.0 Å². The van der Waals surface area contributed by atoms with Gasteiger partial charge >= 0.3 is 0 Å². The molecular weight excluding hydrogens is 348 g/mol. The van der Waals surface area contributed by atoms with Crippen molar-refractivity contribution in [3.63, 3.8) is 0 Å². The van der Waals surface area contributed by atoms with E-state index in [1.54, 1.807) is 36.4 Å². The molecule has 0 bridgehead atoms. The highest BCUT2D eigenvalue weighted by Gasteiger charge is 2.17. The number of nitrogens with one attached hydrogen (secondary N) is 1. The summed E-state index contributed by atoms with van der Waals surface area (Å²) in [6.45, 7) is -0.288. The summed E-state index contributed by atoms with van der Waals surface area (Å²) in [6.07, 6.45) is 1.49. The van der Waals surface area contributed by atoms with Crippen molar-refractivity contribution in [3.8, 4) is 0 Å². The molecule has 0 aliphatic heterocycles. The van der Waals surface area contributed by atoms with Gasteiger partial charge in [-0.05, 0) is 35.9 Å². The third-order valence-corrected chi connectivity index (χ3v) is 4.89. The lowest BCUT2D eigenvalue weighted by Crippen LogP contribution is -2.33. The molecule has 24 heavy (non-hydrogen) atoms. The van der Waals surface area contributed by atoms with Gasteiger partial charge in [0.1, 0.15) is 0 Å². The van der Waals surface area contributed by atoms with E-state index >= 15 is 0 Å². The molecule has 2 aromatic rings. The van der Waals surface area contributed by atoms with Gasteiger partial charge in [0.25, 0.3) is 0 Å². The van der Waals surface area contributed by atoms with Gasteiger partial charge in [-0.2, -0.15) is 4.31 Å². The normalized spacial score (nSPS) is 11.8. The molecule has 1 amide bonds. The fraction of sp³-hybridized carbons (Fsp3) is 0.118. The highest BCUT2D eigenvalue weighted by molar-refractivity contribution is 7.92. The van der Waals surface area contributed by atoms with Crippen molar-refractivity contribution in [2.24, 2.45) is 0 Å². The van der Waals surface area contributed by atoms with E-state index in [0.717, 1.165) is 15.3 Å². The molecule has 0 spiro atoms. The van der Waals surface area contributed by atoms with Crippen LogP contribution in [-0.4, -0.2) is 32.2 Å². The lowest BCUT2D eigenvalue weighted by molar-refractivity contribution is -0.116. The van der Waals surface area contributed by atoms with E-state index in [4.69, 9.17) is 11.6 Å². The highest BCUT2D eigenvalue weighted by Crippen LogP contribution is 2.13. The second-order valence-corrected chi connectivity index (χ2v) is 7.43. The van der Waals surface area contributed by atoms with E-state index in [-0.39, 0.29) is 6.54 Å². The molecule has 7 heteroatoms. The number of carbonyl (C=O) groups excluding carboxylic acids is 1. The van der Waals surface area contributed by atoms with Gasteiger partial charge in [0.2, 0.25) is 15.9 Å². The molecule has 0 aromatic heterocycles. The van der Waals surface area contributed by atoms with E-state index in [1.165, 1.54) is 13.1 Å². The van der Waals surface area contributed by atoms with Crippen molar-refractivity contribution in [3.05, 3.63) is 70.6 Å². The molecule has 0 saturated carbocycles. The number of benzene rings is 2. The van der Waals surface area contributed by atoms with Crippen LogP contribution in [0.1, 0.15) is 5.56 Å². The molecular formula is C17H17ClN2O3S. The Morgan fingerprint density at radius 3 is 2.38 bits per heavy atom. The van der Waals surface area contributed by atoms with Crippen LogP contribution >= 0.6 is 11.6 Å². The van der Waals surface area contributed by atoms with Gasteiger partial charge in [0, 0.05) is 23.2 Å². The van der Waals surface area contributed by atoms with Crippen molar-refractivity contribution < 1.29 is 13.2 Å². The summed E-state index contributed by atoms with van der Waals surface area (Å²) in [5.41, 5.74) is 1.31. The molecule has 0 heterocycles. The Bertz CT molecular complexity index is 819. The Hall–Kier alpha value is -2.15. The average Bonchev–Trinajstić information content (AvgIpc) is 2.56. The smallest absolute Gasteiger partial charge is 0.239 e. The zero-order valence-corrected chi connectivity index (χ0v) is 14.6. The number of hydrogen-bond donors (Lipinski definition) is 1. The standard InChI is InChI=1S/C17H17ClN2O3S/c1-20(13-17(21)19-16-9-7-15(18)8-10-16)24(22,23)12-11-14-5-3-2-4-6-14/h2-12H,13H2,1H3,(H,19,21)/b12-11+. The van der Waals surface area contributed by atoms with Gasteiger partial charge in [-0.1, -0.05) is 41.9 Å². The van der Waals surface area contributed by atoms with Crippen molar-refractivity contribution in [2.75, 3.05) is 18.9 Å². The van der Waals surface area contributed by atoms with Crippen molar-refractivity contribution in [1.29, 1.82) is 0 Å². The van der Waals surface area contributed by atoms with Crippen LogP contribution in [0.4, 0.5) is 5.69 Å². The second-order valence-electron chi connectivity index (χ2n) is 5.07. The number of rotatable bonds is 6. The minimum absolute atomic E-state index is 0.288. The molecule has 5 nitrogen and oxygen atoms in total. The quantitative estimate of drug-likeness (QED) is 0.855. The maximum absolute atomic E-state index is 12.2. The largest absolute Gasteiger partial charge is 0.325 e. The molecule has 0 aliphatic rings. The summed E-state index contributed by atoms with van der Waals surface area (Å²) < 4.78 is 25.3. The van der Waals surface area contributed by atoms with Gasteiger partial charge in [0.15, 0.2) is 0 Å². The van der Waals surface area contributed by atoms with Gasteiger partial charge in [-0.3, -0.25) is 4.79 Å². The Balaban J connectivity index is 1.97. The molecule has 2 rings (SSSR count). The zero-order chi connectivity index (χ0) is 17.6. The molecule has 0 unspecified atom stereocenters. The third kappa shape index (κ3) is 5.49. The average molecular weight is 365 g/mol. The number of halogens is 1. The van der Waals surface area contributed by atoms with Crippen LogP contribution < -0.4 is 5.32 Å². The predicted octanol–water partition coefficient (Wildman–Crippen LogP) is 3.21. The van der Waals surface area contributed by atoms with Crippen LogP contribution in [-0.2, 0) is 14.8 Å².